The highest BCUT2D eigenvalue weighted by Crippen LogP contribution is 2.37. The number of aromatic carboxylic acids is 1. The molecule has 0 atom stereocenters. The molecule has 7 nitrogen and oxygen atoms in total. The summed E-state index contributed by atoms with van der Waals surface area (Å²) in [6.45, 7) is 1.47. The number of sulfonamides is 1. The Morgan fingerprint density at radius 2 is 2.05 bits per heavy atom. The monoisotopic (exact) mass is 317 g/mol. The Kier molecular flexibility index (Phi) is 4.40. The van der Waals surface area contributed by atoms with Crippen molar-refractivity contribution >= 4 is 16.0 Å². The third-order valence-electron chi connectivity index (χ3n) is 4.01. The van der Waals surface area contributed by atoms with Crippen molar-refractivity contribution in [1.29, 1.82) is 0 Å². The Bertz CT molecular complexity index is 627. The van der Waals surface area contributed by atoms with Gasteiger partial charge in [-0.2, -0.15) is 0 Å². The fraction of sp³-hybridized carbons (Fsp3) is 0.615. The molecule has 1 aliphatic carbocycles. The van der Waals surface area contributed by atoms with Gasteiger partial charge in [0.15, 0.2) is 0 Å². The van der Waals surface area contributed by atoms with E-state index in [-0.39, 0.29) is 23.8 Å². The first kappa shape index (κ1) is 16.0. The number of nitrogens with one attached hydrogen (secondary N) is 1. The van der Waals surface area contributed by atoms with Crippen molar-refractivity contribution < 1.29 is 27.8 Å². The van der Waals surface area contributed by atoms with E-state index in [1.165, 1.54) is 6.92 Å². The van der Waals surface area contributed by atoms with Crippen molar-refractivity contribution in [2.45, 2.75) is 37.5 Å². The molecule has 1 aromatic rings. The molecule has 1 fully saturated rings. The smallest absolute Gasteiger partial charge is 0.371 e. The number of furan rings is 1. The van der Waals surface area contributed by atoms with Crippen LogP contribution in [-0.2, 0) is 10.0 Å². The second-order valence-corrected chi connectivity index (χ2v) is 7.26. The predicted molar refractivity (Wildman–Crippen MR) is 73.6 cm³/mol. The molecule has 0 saturated heterocycles. The van der Waals surface area contributed by atoms with Gasteiger partial charge in [0, 0.05) is 24.6 Å². The van der Waals surface area contributed by atoms with E-state index in [0.29, 0.717) is 0 Å². The second kappa shape index (κ2) is 5.78. The number of hydrogen-bond acceptors (Lipinski definition) is 5. The zero-order valence-corrected chi connectivity index (χ0v) is 12.6. The molecular formula is C13H19NO6S. The van der Waals surface area contributed by atoms with E-state index in [9.17, 15) is 18.3 Å². The van der Waals surface area contributed by atoms with Gasteiger partial charge in [-0.05, 0) is 19.8 Å². The van der Waals surface area contributed by atoms with Crippen LogP contribution in [-0.4, -0.2) is 37.8 Å². The number of carboxylic acids is 1. The largest absolute Gasteiger partial charge is 0.475 e. The lowest BCUT2D eigenvalue weighted by molar-refractivity contribution is 0.0661. The first-order chi connectivity index (χ1) is 9.80. The summed E-state index contributed by atoms with van der Waals surface area (Å²) in [6, 6.07) is 1.00. The molecule has 0 aromatic carbocycles. The summed E-state index contributed by atoms with van der Waals surface area (Å²) in [5.41, 5.74) is -0.416. The van der Waals surface area contributed by atoms with Gasteiger partial charge in [-0.3, -0.25) is 0 Å². The molecule has 8 heteroatoms. The summed E-state index contributed by atoms with van der Waals surface area (Å²) in [4.78, 5) is 10.6. The van der Waals surface area contributed by atoms with E-state index in [0.717, 1.165) is 31.7 Å². The molecule has 1 heterocycles. The lowest BCUT2D eigenvalue weighted by Crippen LogP contribution is -2.38. The molecule has 0 amide bonds. The van der Waals surface area contributed by atoms with Crippen LogP contribution in [0.3, 0.4) is 0 Å². The maximum Gasteiger partial charge on any atom is 0.371 e. The summed E-state index contributed by atoms with van der Waals surface area (Å²) in [7, 11) is -3.86. The summed E-state index contributed by atoms with van der Waals surface area (Å²) in [6.07, 6.45) is 3.49. The molecule has 0 radical (unpaired) electrons. The van der Waals surface area contributed by atoms with Crippen molar-refractivity contribution in [1.82, 2.24) is 4.72 Å². The fourth-order valence-electron chi connectivity index (χ4n) is 2.68. The van der Waals surface area contributed by atoms with E-state index in [1.54, 1.807) is 0 Å². The van der Waals surface area contributed by atoms with Crippen molar-refractivity contribution in [3.05, 3.63) is 17.6 Å². The molecule has 1 aromatic heterocycles. The van der Waals surface area contributed by atoms with E-state index >= 15 is 0 Å². The number of aliphatic hydroxyl groups excluding tert-OH is 1. The Morgan fingerprint density at radius 1 is 1.43 bits per heavy atom. The van der Waals surface area contributed by atoms with Crippen LogP contribution in [0.1, 0.15) is 42.0 Å². The SMILES string of the molecule is Cc1oc(C(=O)O)cc1S(=O)(=O)NCC1(CO)CCCC1. The molecular weight excluding hydrogens is 298 g/mol. The minimum absolute atomic E-state index is 0.0318. The molecule has 0 aliphatic heterocycles. The summed E-state index contributed by atoms with van der Waals surface area (Å²) < 4.78 is 31.9. The highest BCUT2D eigenvalue weighted by molar-refractivity contribution is 7.89. The minimum atomic E-state index is -3.86. The minimum Gasteiger partial charge on any atom is -0.475 e. The predicted octanol–water partition coefficient (Wildman–Crippen LogP) is 1.12. The highest BCUT2D eigenvalue weighted by Gasteiger charge is 2.35. The van der Waals surface area contributed by atoms with Crippen molar-refractivity contribution in [3.63, 3.8) is 0 Å². The zero-order valence-electron chi connectivity index (χ0n) is 11.8. The highest BCUT2D eigenvalue weighted by atomic mass is 32.2. The fourth-order valence-corrected chi connectivity index (χ4v) is 4.01. The van der Waals surface area contributed by atoms with Crippen molar-refractivity contribution in [3.8, 4) is 0 Å². The molecule has 1 aliphatic rings. The van der Waals surface area contributed by atoms with Gasteiger partial charge in [-0.1, -0.05) is 12.8 Å². The van der Waals surface area contributed by atoms with Crippen LogP contribution in [0.5, 0.6) is 0 Å². The number of aryl methyl sites for hydroxylation is 1. The molecule has 0 unspecified atom stereocenters. The van der Waals surface area contributed by atoms with Gasteiger partial charge in [0.25, 0.3) is 0 Å². The van der Waals surface area contributed by atoms with E-state index in [4.69, 9.17) is 9.52 Å². The van der Waals surface area contributed by atoms with Gasteiger partial charge in [-0.25, -0.2) is 17.9 Å². The average Bonchev–Trinajstić information content (AvgIpc) is 3.04. The summed E-state index contributed by atoms with van der Waals surface area (Å²) >= 11 is 0. The molecule has 0 bridgehead atoms. The first-order valence-corrected chi connectivity index (χ1v) is 8.22. The van der Waals surface area contributed by atoms with Crippen molar-refractivity contribution in [2.24, 2.45) is 5.41 Å². The number of carboxylic acid groups (broad SMARTS) is 1. The Labute approximate surface area is 123 Å². The number of hydrogen-bond donors (Lipinski definition) is 3. The second-order valence-electron chi connectivity index (χ2n) is 5.53. The lowest BCUT2D eigenvalue weighted by atomic mass is 9.88. The Morgan fingerprint density at radius 3 is 2.52 bits per heavy atom. The summed E-state index contributed by atoms with van der Waals surface area (Å²) in [5, 5.41) is 18.3. The Balaban J connectivity index is 2.17. The average molecular weight is 317 g/mol. The van der Waals surface area contributed by atoms with Gasteiger partial charge in [0.2, 0.25) is 15.8 Å². The van der Waals surface area contributed by atoms with E-state index in [2.05, 4.69) is 4.72 Å². The topological polar surface area (TPSA) is 117 Å². The van der Waals surface area contributed by atoms with Gasteiger partial charge in [-0.15, -0.1) is 0 Å². The number of rotatable bonds is 6. The third kappa shape index (κ3) is 3.28. The van der Waals surface area contributed by atoms with E-state index < -0.39 is 27.2 Å². The molecule has 21 heavy (non-hydrogen) atoms. The quantitative estimate of drug-likeness (QED) is 0.724. The van der Waals surface area contributed by atoms with Crippen LogP contribution in [0.4, 0.5) is 0 Å². The lowest BCUT2D eigenvalue weighted by Gasteiger charge is -2.26. The maximum atomic E-state index is 12.3. The van der Waals surface area contributed by atoms with E-state index in [1.807, 2.05) is 0 Å². The molecule has 118 valence electrons. The molecule has 3 N–H and O–H groups in total. The normalized spacial score (nSPS) is 18.0. The van der Waals surface area contributed by atoms with Crippen molar-refractivity contribution in [2.75, 3.05) is 13.2 Å². The maximum absolute atomic E-state index is 12.3. The van der Waals surface area contributed by atoms with Crippen LogP contribution in [0, 0.1) is 12.3 Å². The summed E-state index contributed by atoms with van der Waals surface area (Å²) in [5.74, 6) is -1.70. The molecule has 2 rings (SSSR count). The molecule has 1 saturated carbocycles. The standard InChI is InChI=1S/C13H19NO6S/c1-9-11(6-10(20-9)12(16)17)21(18,19)14-7-13(8-15)4-2-3-5-13/h6,14-15H,2-5,7-8H2,1H3,(H,16,17). The van der Waals surface area contributed by atoms with Gasteiger partial charge in [0.1, 0.15) is 10.7 Å². The van der Waals surface area contributed by atoms with Gasteiger partial charge in [0.05, 0.1) is 0 Å². The van der Waals surface area contributed by atoms with Crippen LogP contribution >= 0.6 is 0 Å². The molecule has 0 spiro atoms. The zero-order chi connectivity index (χ0) is 15.7. The van der Waals surface area contributed by atoms with Crippen LogP contribution < -0.4 is 4.72 Å². The van der Waals surface area contributed by atoms with Gasteiger partial charge < -0.3 is 14.6 Å². The number of carbonyl (C=O) groups is 1. The van der Waals surface area contributed by atoms with Gasteiger partial charge >= 0.3 is 5.97 Å². The Hall–Kier alpha value is -1.38. The van der Waals surface area contributed by atoms with Crippen LogP contribution in [0.2, 0.25) is 0 Å². The van der Waals surface area contributed by atoms with Crippen LogP contribution in [0.15, 0.2) is 15.4 Å². The van der Waals surface area contributed by atoms with Crippen LogP contribution in [0.25, 0.3) is 0 Å². The number of aliphatic hydroxyl groups is 1. The third-order valence-corrected chi connectivity index (χ3v) is 5.52. The first-order valence-electron chi connectivity index (χ1n) is 6.74.